The maximum absolute atomic E-state index is 12.3. The molecule has 2 aromatic rings. The van der Waals surface area contributed by atoms with E-state index in [1.54, 1.807) is 7.05 Å². The van der Waals surface area contributed by atoms with Gasteiger partial charge in [0.05, 0.1) is 26.4 Å². The first-order valence-corrected chi connectivity index (χ1v) is 12.0. The minimum absolute atomic E-state index is 0.0706. The Kier molecular flexibility index (Phi) is 7.22. The van der Waals surface area contributed by atoms with Gasteiger partial charge in [0.25, 0.3) is 19.0 Å². The maximum atomic E-state index is 12.3. The topological polar surface area (TPSA) is 224 Å². The first-order valence-electron chi connectivity index (χ1n) is 9.02. The van der Waals surface area contributed by atoms with Crippen LogP contribution >= 0.6 is 15.6 Å². The van der Waals surface area contributed by atoms with Crippen LogP contribution in [0, 0.1) is 5.92 Å². The van der Waals surface area contributed by atoms with Crippen molar-refractivity contribution in [3.05, 3.63) is 16.7 Å². The monoisotopic (exact) mass is 499 g/mol. The van der Waals surface area contributed by atoms with Crippen LogP contribution in [0.5, 0.6) is 0 Å². The molecule has 2 unspecified atom stereocenters. The molecule has 18 heteroatoms. The van der Waals surface area contributed by atoms with Gasteiger partial charge in [0.1, 0.15) is 6.10 Å². The van der Waals surface area contributed by atoms with E-state index in [1.807, 2.05) is 0 Å². The number of fused-ring (bicyclic) bond motifs is 1. The molecule has 5 N–H and O–H groups in total. The summed E-state index contributed by atoms with van der Waals surface area (Å²) in [6, 6.07) is 0. The fourth-order valence-electron chi connectivity index (χ4n) is 3.63. The minimum Gasteiger partial charge on any atom is -0.756 e. The van der Waals surface area contributed by atoms with Crippen molar-refractivity contribution in [3.8, 4) is 0 Å². The van der Waals surface area contributed by atoms with E-state index in [0.717, 1.165) is 0 Å². The van der Waals surface area contributed by atoms with Gasteiger partial charge < -0.3 is 34.6 Å². The lowest BCUT2D eigenvalue weighted by Gasteiger charge is -2.23. The standard InChI is InChI=1S/C14H23N5O11P2/c1-18-6-19(11-9(18)12(20)17-14(15)16-11)13-10(27-3)7(4-26-2)8(29-13)5-28-32(24,25)30-31(21,22)23/h6-8,10,13H,4-5H2,1-3H3,(H5-,15,16,17,20,21,22,23,24,25)/t7-,8-,10-,13-/m1/s1. The van der Waals surface area contributed by atoms with E-state index < -0.39 is 52.2 Å². The van der Waals surface area contributed by atoms with Gasteiger partial charge in [-0.1, -0.05) is 0 Å². The van der Waals surface area contributed by atoms with E-state index in [2.05, 4.69) is 18.8 Å². The van der Waals surface area contributed by atoms with Gasteiger partial charge in [-0.15, -0.1) is 0 Å². The highest BCUT2D eigenvalue weighted by atomic mass is 31.3. The highest BCUT2D eigenvalue weighted by Crippen LogP contribution is 2.56. The maximum Gasteiger partial charge on any atom is 0.478 e. The molecule has 0 aliphatic carbocycles. The number of anilines is 1. The minimum atomic E-state index is -5.53. The van der Waals surface area contributed by atoms with Crippen LogP contribution < -0.4 is 20.8 Å². The summed E-state index contributed by atoms with van der Waals surface area (Å²) in [6.45, 7) is -0.541. The molecule has 3 rings (SSSR count). The van der Waals surface area contributed by atoms with Crippen molar-refractivity contribution in [2.45, 2.75) is 18.4 Å². The van der Waals surface area contributed by atoms with Crippen LogP contribution in [0.1, 0.15) is 6.23 Å². The van der Waals surface area contributed by atoms with Crippen LogP contribution in [0.2, 0.25) is 0 Å². The number of hydrogen-bond donors (Lipinski definition) is 4. The van der Waals surface area contributed by atoms with Crippen molar-refractivity contribution in [2.24, 2.45) is 13.0 Å². The van der Waals surface area contributed by atoms with Gasteiger partial charge in [0.15, 0.2) is 0 Å². The number of ether oxygens (including phenoxy) is 3. The number of imidazole rings is 1. The number of phosphoric acid groups is 2. The van der Waals surface area contributed by atoms with Gasteiger partial charge in [0, 0.05) is 20.1 Å². The lowest BCUT2D eigenvalue weighted by atomic mass is 9.99. The Bertz CT molecular complexity index is 1130. The number of rotatable bonds is 9. The van der Waals surface area contributed by atoms with E-state index >= 15 is 0 Å². The van der Waals surface area contributed by atoms with E-state index in [-0.39, 0.29) is 23.7 Å². The van der Waals surface area contributed by atoms with Gasteiger partial charge in [-0.3, -0.25) is 18.9 Å². The number of hydrogen-bond acceptors (Lipinski definition) is 11. The van der Waals surface area contributed by atoms with E-state index in [0.29, 0.717) is 0 Å². The second kappa shape index (κ2) is 9.27. The van der Waals surface area contributed by atoms with Gasteiger partial charge in [0.2, 0.25) is 18.5 Å². The molecule has 1 aliphatic heterocycles. The zero-order valence-corrected chi connectivity index (χ0v) is 19.0. The summed E-state index contributed by atoms with van der Waals surface area (Å²) in [5.41, 5.74) is 5.61. The fraction of sp³-hybridized carbons (Fsp3) is 0.643. The molecule has 1 saturated heterocycles. The second-order valence-electron chi connectivity index (χ2n) is 6.96. The summed E-state index contributed by atoms with van der Waals surface area (Å²) in [5, 5.41) is 0. The van der Waals surface area contributed by atoms with Gasteiger partial charge >= 0.3 is 13.4 Å². The number of aromatic amines is 1. The first kappa shape index (κ1) is 24.9. The van der Waals surface area contributed by atoms with Crippen molar-refractivity contribution < 1.29 is 51.4 Å². The average Bonchev–Trinajstić information content (AvgIpc) is 3.15. The molecule has 16 nitrogen and oxygen atoms in total. The Balaban J connectivity index is 1.93. The number of phosphoric ester groups is 1. The van der Waals surface area contributed by atoms with Crippen LogP contribution in [-0.4, -0.2) is 64.0 Å². The summed E-state index contributed by atoms with van der Waals surface area (Å²) < 4.78 is 50.7. The van der Waals surface area contributed by atoms with E-state index in [4.69, 9.17) is 24.8 Å². The third kappa shape index (κ3) is 5.26. The molecule has 0 amide bonds. The fourth-order valence-corrected chi connectivity index (χ4v) is 5.20. The molecule has 180 valence electrons. The molecule has 2 aromatic heterocycles. The van der Waals surface area contributed by atoms with Crippen molar-refractivity contribution in [1.82, 2.24) is 14.5 Å². The highest BCUT2D eigenvalue weighted by molar-refractivity contribution is 7.60. The van der Waals surface area contributed by atoms with Gasteiger partial charge in [-0.2, -0.15) is 9.55 Å². The quantitative estimate of drug-likeness (QED) is 0.215. The second-order valence-corrected chi connectivity index (χ2v) is 9.74. The predicted octanol–water partition coefficient (Wildman–Crippen LogP) is -2.10. The summed E-state index contributed by atoms with van der Waals surface area (Å²) in [5.74, 6) is -0.683. The third-order valence-electron chi connectivity index (χ3n) is 4.80. The number of aromatic nitrogens is 4. The van der Waals surface area contributed by atoms with Gasteiger partial charge in [-0.25, -0.2) is 13.4 Å². The summed E-state index contributed by atoms with van der Waals surface area (Å²) >= 11 is 0. The molecule has 3 heterocycles. The molecule has 0 bridgehead atoms. The van der Waals surface area contributed by atoms with Crippen LogP contribution in [0.15, 0.2) is 11.1 Å². The Labute approximate surface area is 180 Å². The molecular formula is C14H23N5O11P2. The number of nitrogens with two attached hydrogens (primary N) is 1. The summed E-state index contributed by atoms with van der Waals surface area (Å²) in [7, 11) is -6.23. The third-order valence-corrected chi connectivity index (χ3v) is 6.92. The Hall–Kier alpha value is -1.71. The van der Waals surface area contributed by atoms with Gasteiger partial charge in [-0.05, 0) is 0 Å². The highest BCUT2D eigenvalue weighted by Gasteiger charge is 2.50. The normalized spacial score (nSPS) is 27.4. The number of nitrogens with zero attached hydrogens (tertiary/aromatic N) is 3. The Morgan fingerprint density at radius 2 is 2.06 bits per heavy atom. The molecule has 32 heavy (non-hydrogen) atoms. The lowest BCUT2D eigenvalue weighted by Crippen LogP contribution is -2.34. The molecule has 1 aliphatic rings. The van der Waals surface area contributed by atoms with Crippen molar-refractivity contribution >= 4 is 32.8 Å². The van der Waals surface area contributed by atoms with Crippen LogP contribution in [0.4, 0.5) is 5.95 Å². The zero-order valence-electron chi connectivity index (χ0n) is 17.2. The molecule has 0 aromatic carbocycles. The Morgan fingerprint density at radius 3 is 2.66 bits per heavy atom. The predicted molar refractivity (Wildman–Crippen MR) is 103 cm³/mol. The molecule has 0 radical (unpaired) electrons. The molecular weight excluding hydrogens is 476 g/mol. The van der Waals surface area contributed by atoms with E-state index in [1.165, 1.54) is 29.7 Å². The molecule has 0 saturated carbocycles. The molecule has 6 atom stereocenters. The van der Waals surface area contributed by atoms with Crippen molar-refractivity contribution in [2.75, 3.05) is 33.2 Å². The largest absolute Gasteiger partial charge is 0.756 e. The van der Waals surface area contributed by atoms with Crippen LogP contribution in [0.25, 0.3) is 11.2 Å². The SMILES string of the molecule is COC[C@H]1[C@@H](OC)[C@H](n2c[n+](C)c3c(=O)[nH]c(N)nc32)O[C@@H]1COP(=O)(O)OP(=O)([O-])O. The van der Waals surface area contributed by atoms with Crippen LogP contribution in [-0.2, 0) is 39.2 Å². The zero-order chi connectivity index (χ0) is 23.8. The van der Waals surface area contributed by atoms with E-state index in [9.17, 15) is 23.7 Å². The number of nitrogen functional groups attached to an aromatic ring is 1. The number of nitrogens with one attached hydrogen (secondary N) is 1. The number of H-pyrrole nitrogens is 1. The van der Waals surface area contributed by atoms with Crippen molar-refractivity contribution in [3.63, 3.8) is 0 Å². The van der Waals surface area contributed by atoms with Crippen molar-refractivity contribution in [1.29, 1.82) is 0 Å². The number of methoxy groups -OCH3 is 2. The Morgan fingerprint density at radius 1 is 1.38 bits per heavy atom. The summed E-state index contributed by atoms with van der Waals surface area (Å²) in [6.07, 6.45) is -1.01. The number of aryl methyl sites for hydroxylation is 1. The molecule has 0 spiro atoms. The first-order chi connectivity index (χ1) is 14.9. The summed E-state index contributed by atoms with van der Waals surface area (Å²) in [4.78, 5) is 47.8. The smallest absolute Gasteiger partial charge is 0.478 e. The molecule has 1 fully saturated rings. The lowest BCUT2D eigenvalue weighted by molar-refractivity contribution is -0.646. The van der Waals surface area contributed by atoms with Crippen LogP contribution in [0.3, 0.4) is 0 Å². The average molecular weight is 499 g/mol.